The number of rotatable bonds is 13. The van der Waals surface area contributed by atoms with Crippen molar-refractivity contribution in [1.29, 1.82) is 0 Å². The maximum absolute atomic E-state index is 13.0. The summed E-state index contributed by atoms with van der Waals surface area (Å²) < 4.78 is 37.5. The molecule has 29 heavy (non-hydrogen) atoms. The Bertz CT molecular complexity index is 856. The summed E-state index contributed by atoms with van der Waals surface area (Å²) in [6.07, 6.45) is 1.27. The van der Waals surface area contributed by atoms with Crippen molar-refractivity contribution in [2.75, 3.05) is 40.5 Å². The maximum Gasteiger partial charge on any atom is 0.270 e. The molecule has 0 aliphatic heterocycles. The molecule has 8 nitrogen and oxygen atoms in total. The van der Waals surface area contributed by atoms with Crippen molar-refractivity contribution in [3.8, 4) is 0 Å². The minimum Gasteiger partial charge on any atom is -0.385 e. The first-order valence-electron chi connectivity index (χ1n) is 9.24. The minimum atomic E-state index is -3.68. The van der Waals surface area contributed by atoms with Crippen LogP contribution in [0.15, 0.2) is 40.6 Å². The zero-order chi connectivity index (χ0) is 21.1. The molecule has 0 atom stereocenters. The number of carbonyl (C=O) groups is 1. The highest BCUT2D eigenvalue weighted by Gasteiger charge is 2.25. The van der Waals surface area contributed by atoms with Crippen LogP contribution in [0.1, 0.15) is 28.3 Å². The predicted molar refractivity (Wildman–Crippen MR) is 111 cm³/mol. The first-order valence-corrected chi connectivity index (χ1v) is 11.6. The van der Waals surface area contributed by atoms with Gasteiger partial charge >= 0.3 is 0 Å². The number of methoxy groups -OCH3 is 2. The molecule has 1 N–H and O–H groups in total. The Morgan fingerprint density at radius 1 is 1.14 bits per heavy atom. The fourth-order valence-corrected chi connectivity index (χ4v) is 4.89. The zero-order valence-electron chi connectivity index (χ0n) is 16.7. The number of nitrogens with zero attached hydrogens (tertiary/aromatic N) is 2. The first-order chi connectivity index (χ1) is 14.0. The normalized spacial score (nSPS) is 11.7. The Labute approximate surface area is 175 Å². The fourth-order valence-electron chi connectivity index (χ4n) is 2.56. The summed E-state index contributed by atoms with van der Waals surface area (Å²) in [6.45, 7) is 1.90. The van der Waals surface area contributed by atoms with Gasteiger partial charge in [0.2, 0.25) is 10.0 Å². The van der Waals surface area contributed by atoms with Crippen LogP contribution in [-0.4, -0.2) is 64.1 Å². The van der Waals surface area contributed by atoms with Crippen molar-refractivity contribution < 1.29 is 22.7 Å². The lowest BCUT2D eigenvalue weighted by Gasteiger charge is -2.21. The van der Waals surface area contributed by atoms with E-state index in [1.807, 2.05) is 0 Å². The lowest BCUT2D eigenvalue weighted by Crippen LogP contribution is -2.32. The van der Waals surface area contributed by atoms with E-state index < -0.39 is 10.0 Å². The van der Waals surface area contributed by atoms with Crippen LogP contribution >= 0.6 is 11.3 Å². The van der Waals surface area contributed by atoms with Gasteiger partial charge in [-0.05, 0) is 25.0 Å². The fraction of sp³-hybridized carbons (Fsp3) is 0.474. The molecule has 0 aliphatic carbocycles. The topological polar surface area (TPSA) is 97.8 Å². The summed E-state index contributed by atoms with van der Waals surface area (Å²) in [5.74, 6) is -0.277. The summed E-state index contributed by atoms with van der Waals surface area (Å²) in [6, 6.07) is 8.29. The number of hydrogen-bond donors (Lipinski definition) is 1. The number of ether oxygens (including phenoxy) is 2. The number of thiazole rings is 1. The minimum absolute atomic E-state index is 0.0998. The molecule has 0 spiro atoms. The second-order valence-electron chi connectivity index (χ2n) is 6.23. The molecule has 1 aromatic carbocycles. The molecule has 0 radical (unpaired) electrons. The molecule has 0 saturated heterocycles. The Morgan fingerprint density at radius 2 is 1.83 bits per heavy atom. The monoisotopic (exact) mass is 441 g/mol. The van der Waals surface area contributed by atoms with Gasteiger partial charge in [0.15, 0.2) is 0 Å². The van der Waals surface area contributed by atoms with Crippen LogP contribution < -0.4 is 5.32 Å². The van der Waals surface area contributed by atoms with Crippen molar-refractivity contribution in [3.05, 3.63) is 46.4 Å². The number of nitrogens with one attached hydrogen (secondary N) is 1. The smallest absolute Gasteiger partial charge is 0.270 e. The molecule has 0 bridgehead atoms. The predicted octanol–water partition coefficient (Wildman–Crippen LogP) is 2.14. The van der Waals surface area contributed by atoms with E-state index in [2.05, 4.69) is 10.3 Å². The number of carbonyl (C=O) groups excluding carboxylic acids is 1. The molecule has 0 saturated carbocycles. The van der Waals surface area contributed by atoms with Crippen molar-refractivity contribution in [2.24, 2.45) is 0 Å². The van der Waals surface area contributed by atoms with Crippen LogP contribution in [0.2, 0.25) is 0 Å². The van der Waals surface area contributed by atoms with Crippen LogP contribution in [0, 0.1) is 0 Å². The van der Waals surface area contributed by atoms with Crippen molar-refractivity contribution in [1.82, 2.24) is 14.6 Å². The Hall–Kier alpha value is -1.85. The third-order valence-electron chi connectivity index (χ3n) is 4.04. The van der Waals surface area contributed by atoms with E-state index in [4.69, 9.17) is 9.47 Å². The summed E-state index contributed by atoms with van der Waals surface area (Å²) in [5.41, 5.74) is 0.288. The Kier molecular flexibility index (Phi) is 9.68. The second kappa shape index (κ2) is 12.0. The summed E-state index contributed by atoms with van der Waals surface area (Å²) in [5, 5.41) is 4.98. The van der Waals surface area contributed by atoms with Crippen LogP contribution in [0.25, 0.3) is 0 Å². The summed E-state index contributed by atoms with van der Waals surface area (Å²) in [4.78, 5) is 16.7. The maximum atomic E-state index is 13.0. The van der Waals surface area contributed by atoms with E-state index in [0.29, 0.717) is 44.2 Å². The van der Waals surface area contributed by atoms with Crippen LogP contribution in [0.5, 0.6) is 0 Å². The standard InChI is InChI=1S/C19H27N3O5S2/c1-26-12-6-10-20-19(23)17-15-28-18(21-17)14-22(11-7-13-27-2)29(24,25)16-8-4-3-5-9-16/h3-5,8-9,15H,6-7,10-14H2,1-2H3,(H,20,23). The molecule has 1 amide bonds. The highest BCUT2D eigenvalue weighted by molar-refractivity contribution is 7.89. The highest BCUT2D eigenvalue weighted by atomic mass is 32.2. The van der Waals surface area contributed by atoms with Gasteiger partial charge in [-0.2, -0.15) is 4.31 Å². The number of hydrogen-bond acceptors (Lipinski definition) is 7. The van der Waals surface area contributed by atoms with Crippen molar-refractivity contribution in [3.63, 3.8) is 0 Å². The third kappa shape index (κ3) is 7.16. The largest absolute Gasteiger partial charge is 0.385 e. The van der Waals surface area contributed by atoms with Crippen LogP contribution in [0.3, 0.4) is 0 Å². The van der Waals surface area contributed by atoms with E-state index in [0.717, 1.165) is 0 Å². The summed E-state index contributed by atoms with van der Waals surface area (Å²) in [7, 11) is -0.496. The third-order valence-corrected chi connectivity index (χ3v) is 6.74. The number of sulfonamides is 1. The summed E-state index contributed by atoms with van der Waals surface area (Å²) >= 11 is 1.27. The van der Waals surface area contributed by atoms with Gasteiger partial charge in [0.1, 0.15) is 10.7 Å². The van der Waals surface area contributed by atoms with Crippen LogP contribution in [-0.2, 0) is 26.0 Å². The van der Waals surface area contributed by atoms with E-state index in [-0.39, 0.29) is 23.0 Å². The molecule has 0 fully saturated rings. The highest BCUT2D eigenvalue weighted by Crippen LogP contribution is 2.20. The van der Waals surface area contributed by atoms with E-state index >= 15 is 0 Å². The molecule has 0 aliphatic rings. The molecule has 1 aromatic heterocycles. The molecule has 1 heterocycles. The number of benzene rings is 1. The molecular formula is C19H27N3O5S2. The van der Waals surface area contributed by atoms with Gasteiger partial charge in [-0.1, -0.05) is 18.2 Å². The molecule has 2 rings (SSSR count). The van der Waals surface area contributed by atoms with Gasteiger partial charge < -0.3 is 14.8 Å². The lowest BCUT2D eigenvalue weighted by molar-refractivity contribution is 0.0944. The second-order valence-corrected chi connectivity index (χ2v) is 9.11. The van der Waals surface area contributed by atoms with E-state index in [1.165, 1.54) is 15.6 Å². The molecular weight excluding hydrogens is 414 g/mol. The van der Waals surface area contributed by atoms with Gasteiger partial charge in [-0.3, -0.25) is 4.79 Å². The SMILES string of the molecule is COCCCNC(=O)c1csc(CN(CCCOC)S(=O)(=O)c2ccccc2)n1. The average molecular weight is 442 g/mol. The quantitative estimate of drug-likeness (QED) is 0.478. The Balaban J connectivity index is 2.09. The van der Waals surface area contributed by atoms with Crippen molar-refractivity contribution in [2.45, 2.75) is 24.3 Å². The zero-order valence-corrected chi connectivity index (χ0v) is 18.3. The van der Waals surface area contributed by atoms with Gasteiger partial charge in [0.25, 0.3) is 5.91 Å². The van der Waals surface area contributed by atoms with Gasteiger partial charge in [-0.25, -0.2) is 13.4 Å². The molecule has 160 valence electrons. The van der Waals surface area contributed by atoms with E-state index in [1.54, 1.807) is 49.9 Å². The van der Waals surface area contributed by atoms with E-state index in [9.17, 15) is 13.2 Å². The molecule has 0 unspecified atom stereocenters. The van der Waals surface area contributed by atoms with Gasteiger partial charge in [0.05, 0.1) is 11.4 Å². The number of amides is 1. The van der Waals surface area contributed by atoms with Crippen LogP contribution in [0.4, 0.5) is 0 Å². The lowest BCUT2D eigenvalue weighted by atomic mass is 10.4. The molecule has 10 heteroatoms. The van der Waals surface area contributed by atoms with Gasteiger partial charge in [0, 0.05) is 45.9 Å². The van der Waals surface area contributed by atoms with Gasteiger partial charge in [-0.15, -0.1) is 11.3 Å². The first kappa shape index (κ1) is 23.4. The average Bonchev–Trinajstić information content (AvgIpc) is 3.20. The number of aromatic nitrogens is 1. The molecule has 2 aromatic rings. The Morgan fingerprint density at radius 3 is 2.52 bits per heavy atom. The van der Waals surface area contributed by atoms with Crippen molar-refractivity contribution >= 4 is 27.3 Å².